The Kier molecular flexibility index (Phi) is 2.32. The van der Waals surface area contributed by atoms with Gasteiger partial charge >= 0.3 is 0 Å². The molecule has 0 saturated heterocycles. The first kappa shape index (κ1) is 8.58. The highest BCUT2D eigenvalue weighted by molar-refractivity contribution is 6.20. The molecule has 1 amide bonds. The van der Waals surface area contributed by atoms with Crippen molar-refractivity contribution in [3.05, 3.63) is 11.3 Å². The molecule has 0 bridgehead atoms. The molecule has 0 saturated carbocycles. The van der Waals surface area contributed by atoms with E-state index in [1.807, 2.05) is 0 Å². The van der Waals surface area contributed by atoms with Crippen molar-refractivity contribution >= 4 is 11.7 Å². The Morgan fingerprint density at radius 3 is 2.75 bits per heavy atom. The smallest absolute Gasteiger partial charge is 0.255 e. The van der Waals surface area contributed by atoms with Gasteiger partial charge in [-0.3, -0.25) is 9.79 Å². The second-order valence-electron chi connectivity index (χ2n) is 2.48. The maximum Gasteiger partial charge on any atom is 0.255 e. The summed E-state index contributed by atoms with van der Waals surface area (Å²) in [6, 6.07) is 0. The molecule has 1 aliphatic rings. The zero-order chi connectivity index (χ0) is 9.14. The molecule has 0 spiro atoms. The Morgan fingerprint density at radius 1 is 1.75 bits per heavy atom. The minimum atomic E-state index is -0.664. The van der Waals surface area contributed by atoms with Crippen LogP contribution in [0.2, 0.25) is 0 Å². The number of nitrogens with two attached hydrogens (primary N) is 1. The molecule has 66 valence electrons. The third kappa shape index (κ3) is 1.55. The predicted molar refractivity (Wildman–Crippen MR) is 44.8 cm³/mol. The van der Waals surface area contributed by atoms with Crippen LogP contribution in [0.15, 0.2) is 16.3 Å². The molecule has 1 heterocycles. The standard InChI is InChI=1S/C7H11N3O2/c1-4(11)5(6(8)12)7-9-2-3-10-7/h11H,2-3H2,1H3,(H2,8,12)(H,9,10)/b5-4+. The lowest BCUT2D eigenvalue weighted by molar-refractivity contribution is -0.114. The number of allylic oxidation sites excluding steroid dienone is 1. The number of hydrogen-bond acceptors (Lipinski definition) is 4. The van der Waals surface area contributed by atoms with Crippen molar-refractivity contribution in [3.63, 3.8) is 0 Å². The molecule has 12 heavy (non-hydrogen) atoms. The van der Waals surface area contributed by atoms with Crippen LogP contribution in [0, 0.1) is 0 Å². The quantitative estimate of drug-likeness (QED) is 0.377. The molecule has 0 aromatic rings. The number of carbonyl (C=O) groups excluding carboxylic acids is 1. The van der Waals surface area contributed by atoms with Gasteiger partial charge in [0, 0.05) is 6.54 Å². The second-order valence-corrected chi connectivity index (χ2v) is 2.48. The minimum absolute atomic E-state index is 0.0764. The highest BCUT2D eigenvalue weighted by atomic mass is 16.3. The first-order valence-corrected chi connectivity index (χ1v) is 3.61. The average molecular weight is 169 g/mol. The van der Waals surface area contributed by atoms with Crippen molar-refractivity contribution < 1.29 is 9.90 Å². The third-order valence-corrected chi connectivity index (χ3v) is 1.52. The molecule has 0 radical (unpaired) electrons. The van der Waals surface area contributed by atoms with E-state index in [9.17, 15) is 4.79 Å². The number of carbonyl (C=O) groups is 1. The highest BCUT2D eigenvalue weighted by Crippen LogP contribution is 2.04. The van der Waals surface area contributed by atoms with E-state index in [1.54, 1.807) is 0 Å². The fourth-order valence-corrected chi connectivity index (χ4v) is 1.03. The van der Waals surface area contributed by atoms with Crippen molar-refractivity contribution in [2.75, 3.05) is 13.1 Å². The number of aliphatic imine (C=N–C) groups is 1. The van der Waals surface area contributed by atoms with E-state index in [-0.39, 0.29) is 11.3 Å². The molecule has 1 rings (SSSR count). The molecule has 0 aromatic heterocycles. The summed E-state index contributed by atoms with van der Waals surface area (Å²) >= 11 is 0. The highest BCUT2D eigenvalue weighted by Gasteiger charge is 2.18. The fourth-order valence-electron chi connectivity index (χ4n) is 1.03. The number of primary amides is 1. The Morgan fingerprint density at radius 2 is 2.42 bits per heavy atom. The van der Waals surface area contributed by atoms with E-state index >= 15 is 0 Å². The van der Waals surface area contributed by atoms with Crippen molar-refractivity contribution in [1.82, 2.24) is 5.32 Å². The SMILES string of the molecule is C/C(O)=C(/C(N)=O)C1=NCCN1. The normalized spacial score (nSPS) is 17.9. The number of nitrogens with zero attached hydrogens (tertiary/aromatic N) is 1. The number of aliphatic hydroxyl groups excluding tert-OH is 1. The molecule has 4 N–H and O–H groups in total. The number of hydrogen-bond donors (Lipinski definition) is 3. The van der Waals surface area contributed by atoms with Gasteiger partial charge in [0.15, 0.2) is 0 Å². The fraction of sp³-hybridized carbons (Fsp3) is 0.429. The molecular weight excluding hydrogens is 158 g/mol. The van der Waals surface area contributed by atoms with E-state index in [0.29, 0.717) is 18.9 Å². The summed E-state index contributed by atoms with van der Waals surface area (Å²) < 4.78 is 0. The van der Waals surface area contributed by atoms with Gasteiger partial charge in [-0.15, -0.1) is 0 Å². The Labute approximate surface area is 70.0 Å². The summed E-state index contributed by atoms with van der Waals surface area (Å²) in [6.07, 6.45) is 0. The van der Waals surface area contributed by atoms with Crippen LogP contribution < -0.4 is 11.1 Å². The number of nitrogens with one attached hydrogen (secondary N) is 1. The molecule has 0 unspecified atom stereocenters. The van der Waals surface area contributed by atoms with Crippen LogP contribution in [0.3, 0.4) is 0 Å². The van der Waals surface area contributed by atoms with Crippen molar-refractivity contribution in [3.8, 4) is 0 Å². The molecular formula is C7H11N3O2. The van der Waals surface area contributed by atoms with Crippen LogP contribution in [0.4, 0.5) is 0 Å². The van der Waals surface area contributed by atoms with Crippen LogP contribution in [0.25, 0.3) is 0 Å². The number of rotatable bonds is 2. The average Bonchev–Trinajstić information content (AvgIpc) is 2.37. The van der Waals surface area contributed by atoms with Crippen LogP contribution in [-0.4, -0.2) is 29.9 Å². The van der Waals surface area contributed by atoms with Gasteiger partial charge in [0.05, 0.1) is 6.54 Å². The minimum Gasteiger partial charge on any atom is -0.512 e. The summed E-state index contributed by atoms with van der Waals surface area (Å²) in [7, 11) is 0. The molecule has 5 heteroatoms. The van der Waals surface area contributed by atoms with Gasteiger partial charge in [-0.25, -0.2) is 0 Å². The Balaban J connectivity index is 2.95. The number of amides is 1. The van der Waals surface area contributed by atoms with Gasteiger partial charge in [0.25, 0.3) is 5.91 Å². The molecule has 0 atom stereocenters. The molecule has 5 nitrogen and oxygen atoms in total. The van der Waals surface area contributed by atoms with Crippen LogP contribution in [0.5, 0.6) is 0 Å². The monoisotopic (exact) mass is 169 g/mol. The number of amidine groups is 1. The van der Waals surface area contributed by atoms with Crippen LogP contribution in [0.1, 0.15) is 6.92 Å². The van der Waals surface area contributed by atoms with Gasteiger partial charge in [0.2, 0.25) is 0 Å². The summed E-state index contributed by atoms with van der Waals surface area (Å²) in [5, 5.41) is 12.0. The predicted octanol–water partition coefficient (Wildman–Crippen LogP) is -0.695. The maximum atomic E-state index is 10.8. The zero-order valence-electron chi connectivity index (χ0n) is 6.79. The van der Waals surface area contributed by atoms with E-state index < -0.39 is 5.91 Å². The summed E-state index contributed by atoms with van der Waals surface area (Å²) in [5.74, 6) is -0.374. The molecule has 0 aromatic carbocycles. The van der Waals surface area contributed by atoms with Gasteiger partial charge in [0.1, 0.15) is 17.2 Å². The number of aliphatic hydroxyl groups is 1. The van der Waals surface area contributed by atoms with E-state index in [0.717, 1.165) is 0 Å². The van der Waals surface area contributed by atoms with Crippen LogP contribution in [-0.2, 0) is 4.79 Å². The lowest BCUT2D eigenvalue weighted by atomic mass is 10.2. The van der Waals surface area contributed by atoms with Crippen molar-refractivity contribution in [2.24, 2.45) is 10.7 Å². The van der Waals surface area contributed by atoms with Gasteiger partial charge in [-0.2, -0.15) is 0 Å². The topological polar surface area (TPSA) is 87.7 Å². The summed E-state index contributed by atoms with van der Waals surface area (Å²) in [6.45, 7) is 2.70. The zero-order valence-corrected chi connectivity index (χ0v) is 6.79. The van der Waals surface area contributed by atoms with Crippen molar-refractivity contribution in [2.45, 2.75) is 6.92 Å². The summed E-state index contributed by atoms with van der Waals surface area (Å²) in [5.41, 5.74) is 5.12. The van der Waals surface area contributed by atoms with Gasteiger partial charge < -0.3 is 16.2 Å². The van der Waals surface area contributed by atoms with Gasteiger partial charge in [-0.1, -0.05) is 0 Å². The molecule has 0 aliphatic carbocycles. The lowest BCUT2D eigenvalue weighted by Crippen LogP contribution is -2.29. The van der Waals surface area contributed by atoms with E-state index in [2.05, 4.69) is 10.3 Å². The largest absolute Gasteiger partial charge is 0.512 e. The van der Waals surface area contributed by atoms with Gasteiger partial charge in [-0.05, 0) is 6.92 Å². The van der Waals surface area contributed by atoms with Crippen molar-refractivity contribution in [1.29, 1.82) is 0 Å². The van der Waals surface area contributed by atoms with E-state index in [4.69, 9.17) is 10.8 Å². The first-order chi connectivity index (χ1) is 5.63. The summed E-state index contributed by atoms with van der Waals surface area (Å²) in [4.78, 5) is 14.8. The third-order valence-electron chi connectivity index (χ3n) is 1.52. The van der Waals surface area contributed by atoms with Crippen LogP contribution >= 0.6 is 0 Å². The lowest BCUT2D eigenvalue weighted by Gasteiger charge is -2.04. The molecule has 1 aliphatic heterocycles. The Hall–Kier alpha value is -1.52. The molecule has 0 fully saturated rings. The van der Waals surface area contributed by atoms with E-state index in [1.165, 1.54) is 6.92 Å². The first-order valence-electron chi connectivity index (χ1n) is 3.61. The maximum absolute atomic E-state index is 10.8. The second kappa shape index (κ2) is 3.25. The Bertz CT molecular complexity index is 264.